The summed E-state index contributed by atoms with van der Waals surface area (Å²) in [5.41, 5.74) is 9.74. The molecule has 122 valence electrons. The largest absolute Gasteiger partial charge is 0.437 e. The minimum Gasteiger partial charge on any atom is -0.437 e. The Labute approximate surface area is 149 Å². The first-order chi connectivity index (χ1) is 11.5. The van der Waals surface area contributed by atoms with Gasteiger partial charge >= 0.3 is 0 Å². The zero-order valence-electron chi connectivity index (χ0n) is 13.4. The summed E-state index contributed by atoms with van der Waals surface area (Å²) in [6.45, 7) is 4.09. The number of rotatable bonds is 4. The second-order valence-electron chi connectivity index (χ2n) is 5.42. The molecule has 0 aliphatic rings. The van der Waals surface area contributed by atoms with Crippen LogP contribution in [0.25, 0.3) is 0 Å². The Kier molecular flexibility index (Phi) is 4.66. The SMILES string of the molecule is Cc1ccc(Oc2ncnc(Nc3ccc(Br)cc3)c2N)cc1C. The summed E-state index contributed by atoms with van der Waals surface area (Å²) in [5, 5.41) is 3.17. The van der Waals surface area contributed by atoms with Gasteiger partial charge in [-0.25, -0.2) is 4.98 Å². The number of nitrogens with one attached hydrogen (secondary N) is 1. The number of benzene rings is 2. The van der Waals surface area contributed by atoms with E-state index in [1.807, 2.05) is 49.4 Å². The molecule has 3 rings (SSSR count). The Balaban J connectivity index is 1.84. The van der Waals surface area contributed by atoms with E-state index in [0.29, 0.717) is 23.1 Å². The first kappa shape index (κ1) is 16.3. The highest BCUT2D eigenvalue weighted by Gasteiger charge is 2.11. The molecule has 3 aromatic rings. The average molecular weight is 385 g/mol. The molecule has 0 unspecified atom stereocenters. The van der Waals surface area contributed by atoms with Crippen LogP contribution >= 0.6 is 15.9 Å². The van der Waals surface area contributed by atoms with Crippen molar-refractivity contribution in [3.05, 3.63) is 64.4 Å². The van der Waals surface area contributed by atoms with E-state index < -0.39 is 0 Å². The van der Waals surface area contributed by atoms with Gasteiger partial charge in [0, 0.05) is 10.2 Å². The summed E-state index contributed by atoms with van der Waals surface area (Å²) in [7, 11) is 0. The molecule has 5 nitrogen and oxygen atoms in total. The number of nitrogen functional groups attached to an aromatic ring is 1. The van der Waals surface area contributed by atoms with Gasteiger partial charge < -0.3 is 15.8 Å². The minimum absolute atomic E-state index is 0.327. The summed E-state index contributed by atoms with van der Waals surface area (Å²) >= 11 is 3.41. The number of nitrogens with two attached hydrogens (primary N) is 1. The average Bonchev–Trinajstić information content (AvgIpc) is 2.57. The van der Waals surface area contributed by atoms with Crippen LogP contribution in [-0.4, -0.2) is 9.97 Å². The highest BCUT2D eigenvalue weighted by atomic mass is 79.9. The molecule has 0 aliphatic heterocycles. The lowest BCUT2D eigenvalue weighted by Gasteiger charge is -2.12. The number of hydrogen-bond acceptors (Lipinski definition) is 5. The Hall–Kier alpha value is -2.60. The molecule has 2 aromatic carbocycles. The minimum atomic E-state index is 0.327. The van der Waals surface area contributed by atoms with Gasteiger partial charge in [-0.15, -0.1) is 0 Å². The van der Waals surface area contributed by atoms with Crippen LogP contribution in [0.15, 0.2) is 53.3 Å². The Bertz CT molecular complexity index is 865. The number of aryl methyl sites for hydroxylation is 2. The van der Waals surface area contributed by atoms with Crippen molar-refractivity contribution in [1.29, 1.82) is 0 Å². The van der Waals surface area contributed by atoms with E-state index in [1.165, 1.54) is 11.9 Å². The number of nitrogens with zero attached hydrogens (tertiary/aromatic N) is 2. The number of anilines is 3. The van der Waals surface area contributed by atoms with Gasteiger partial charge in [0.05, 0.1) is 0 Å². The summed E-state index contributed by atoms with van der Waals surface area (Å²) in [5.74, 6) is 1.53. The Morgan fingerprint density at radius 2 is 1.75 bits per heavy atom. The van der Waals surface area contributed by atoms with Crippen molar-refractivity contribution in [3.63, 3.8) is 0 Å². The summed E-state index contributed by atoms with van der Waals surface area (Å²) < 4.78 is 6.82. The van der Waals surface area contributed by atoms with E-state index in [0.717, 1.165) is 15.7 Å². The molecule has 1 heterocycles. The van der Waals surface area contributed by atoms with Crippen molar-refractivity contribution in [2.75, 3.05) is 11.1 Å². The molecule has 0 bridgehead atoms. The molecule has 0 aliphatic carbocycles. The lowest BCUT2D eigenvalue weighted by molar-refractivity contribution is 0.464. The quantitative estimate of drug-likeness (QED) is 0.663. The van der Waals surface area contributed by atoms with Gasteiger partial charge in [-0.2, -0.15) is 4.98 Å². The van der Waals surface area contributed by atoms with Gasteiger partial charge in [-0.05, 0) is 61.4 Å². The van der Waals surface area contributed by atoms with Gasteiger partial charge in [0.25, 0.3) is 0 Å². The third-order valence-corrected chi connectivity index (χ3v) is 4.18. The summed E-state index contributed by atoms with van der Waals surface area (Å²) in [4.78, 5) is 8.33. The van der Waals surface area contributed by atoms with Crippen molar-refractivity contribution >= 4 is 33.1 Å². The molecule has 1 aromatic heterocycles. The molecular weight excluding hydrogens is 368 g/mol. The van der Waals surface area contributed by atoms with E-state index in [2.05, 4.69) is 38.1 Å². The van der Waals surface area contributed by atoms with Crippen molar-refractivity contribution in [3.8, 4) is 11.6 Å². The van der Waals surface area contributed by atoms with E-state index in [-0.39, 0.29) is 0 Å². The normalized spacial score (nSPS) is 10.5. The highest BCUT2D eigenvalue weighted by molar-refractivity contribution is 9.10. The van der Waals surface area contributed by atoms with Crippen LogP contribution in [0.1, 0.15) is 11.1 Å². The van der Waals surface area contributed by atoms with E-state index in [4.69, 9.17) is 10.5 Å². The second-order valence-corrected chi connectivity index (χ2v) is 6.34. The van der Waals surface area contributed by atoms with Gasteiger partial charge in [-0.1, -0.05) is 22.0 Å². The van der Waals surface area contributed by atoms with Crippen molar-refractivity contribution < 1.29 is 4.74 Å². The maximum absolute atomic E-state index is 6.16. The van der Waals surface area contributed by atoms with Crippen LogP contribution in [0.4, 0.5) is 17.2 Å². The zero-order valence-corrected chi connectivity index (χ0v) is 15.0. The van der Waals surface area contributed by atoms with Crippen LogP contribution in [0, 0.1) is 13.8 Å². The van der Waals surface area contributed by atoms with Gasteiger partial charge in [0.15, 0.2) is 5.82 Å². The molecule has 0 spiro atoms. The first-order valence-electron chi connectivity index (χ1n) is 7.41. The predicted molar refractivity (Wildman–Crippen MR) is 99.9 cm³/mol. The molecule has 0 atom stereocenters. The predicted octanol–water partition coefficient (Wildman–Crippen LogP) is 4.97. The lowest BCUT2D eigenvalue weighted by atomic mass is 10.1. The monoisotopic (exact) mass is 384 g/mol. The maximum atomic E-state index is 6.16. The molecular formula is C18H17BrN4O. The van der Waals surface area contributed by atoms with Gasteiger partial charge in [0.1, 0.15) is 17.8 Å². The van der Waals surface area contributed by atoms with Gasteiger partial charge in [0.2, 0.25) is 5.88 Å². The molecule has 6 heteroatoms. The fourth-order valence-electron chi connectivity index (χ4n) is 2.12. The van der Waals surface area contributed by atoms with Crippen LogP contribution < -0.4 is 15.8 Å². The summed E-state index contributed by atoms with van der Waals surface area (Å²) in [6, 6.07) is 13.6. The second kappa shape index (κ2) is 6.88. The van der Waals surface area contributed by atoms with E-state index in [1.54, 1.807) is 0 Å². The molecule has 0 saturated heterocycles. The topological polar surface area (TPSA) is 73.1 Å². The zero-order chi connectivity index (χ0) is 17.1. The van der Waals surface area contributed by atoms with Crippen molar-refractivity contribution in [2.24, 2.45) is 0 Å². The molecule has 0 fully saturated rings. The van der Waals surface area contributed by atoms with Crippen LogP contribution in [-0.2, 0) is 0 Å². The molecule has 3 N–H and O–H groups in total. The summed E-state index contributed by atoms with van der Waals surface area (Å²) in [6.07, 6.45) is 1.42. The number of aromatic nitrogens is 2. The van der Waals surface area contributed by atoms with Crippen molar-refractivity contribution in [2.45, 2.75) is 13.8 Å². The van der Waals surface area contributed by atoms with E-state index in [9.17, 15) is 0 Å². The fourth-order valence-corrected chi connectivity index (χ4v) is 2.38. The van der Waals surface area contributed by atoms with Crippen LogP contribution in [0.2, 0.25) is 0 Å². The molecule has 0 radical (unpaired) electrons. The Morgan fingerprint density at radius 3 is 2.46 bits per heavy atom. The van der Waals surface area contributed by atoms with Gasteiger partial charge in [-0.3, -0.25) is 0 Å². The maximum Gasteiger partial charge on any atom is 0.248 e. The number of ether oxygens (including phenoxy) is 1. The lowest BCUT2D eigenvalue weighted by Crippen LogP contribution is -2.03. The fraction of sp³-hybridized carbons (Fsp3) is 0.111. The third-order valence-electron chi connectivity index (χ3n) is 3.65. The van der Waals surface area contributed by atoms with E-state index >= 15 is 0 Å². The molecule has 0 saturated carbocycles. The molecule has 0 amide bonds. The van der Waals surface area contributed by atoms with Crippen molar-refractivity contribution in [1.82, 2.24) is 9.97 Å². The highest BCUT2D eigenvalue weighted by Crippen LogP contribution is 2.31. The smallest absolute Gasteiger partial charge is 0.248 e. The molecule has 24 heavy (non-hydrogen) atoms. The first-order valence-corrected chi connectivity index (χ1v) is 8.20. The van der Waals surface area contributed by atoms with Crippen LogP contribution in [0.3, 0.4) is 0 Å². The Morgan fingerprint density at radius 1 is 1.00 bits per heavy atom. The number of hydrogen-bond donors (Lipinski definition) is 2. The standard InChI is InChI=1S/C18H17BrN4O/c1-11-3-8-15(9-12(11)2)24-18-16(20)17(21-10-22-18)23-14-6-4-13(19)5-7-14/h3-10H,20H2,1-2H3,(H,21,22,23). The third kappa shape index (κ3) is 3.65. The van der Waals surface area contributed by atoms with Crippen LogP contribution in [0.5, 0.6) is 11.6 Å². The number of halogens is 1.